The van der Waals surface area contributed by atoms with Crippen LogP contribution in [0.15, 0.2) is 22.7 Å². The number of ketones is 1. The molecule has 18 heavy (non-hydrogen) atoms. The minimum Gasteiger partial charge on any atom is -0.345 e. The van der Waals surface area contributed by atoms with E-state index in [0.717, 1.165) is 8.04 Å². The van der Waals surface area contributed by atoms with Gasteiger partial charge in [-0.3, -0.25) is 9.59 Å². The van der Waals surface area contributed by atoms with Crippen molar-refractivity contribution < 1.29 is 9.59 Å². The van der Waals surface area contributed by atoms with Gasteiger partial charge in [-0.05, 0) is 56.7 Å². The second-order valence-corrected chi connectivity index (χ2v) is 7.08. The number of benzene rings is 1. The quantitative estimate of drug-likeness (QED) is 0.757. The van der Waals surface area contributed by atoms with Crippen LogP contribution in [-0.2, 0) is 4.79 Å². The molecule has 1 amide bonds. The molecule has 0 spiro atoms. The summed E-state index contributed by atoms with van der Waals surface area (Å²) >= 11 is 5.47. The molecule has 3 nitrogen and oxygen atoms in total. The maximum absolute atomic E-state index is 12.0. The predicted octanol–water partition coefficient (Wildman–Crippen LogP) is 3.40. The van der Waals surface area contributed by atoms with Gasteiger partial charge in [-0.25, -0.2) is 0 Å². The molecule has 0 bridgehead atoms. The lowest BCUT2D eigenvalue weighted by atomic mass is 9.91. The van der Waals surface area contributed by atoms with Crippen LogP contribution in [0.2, 0.25) is 0 Å². The Kier molecular flexibility index (Phi) is 5.33. The fourth-order valence-electron chi connectivity index (χ4n) is 1.19. The Hall–Kier alpha value is -0.430. The van der Waals surface area contributed by atoms with Crippen LogP contribution in [0.4, 0.5) is 0 Å². The van der Waals surface area contributed by atoms with Gasteiger partial charge in [0.05, 0.1) is 12.1 Å². The summed E-state index contributed by atoms with van der Waals surface area (Å²) in [5.74, 6) is -0.226. The fourth-order valence-corrected chi connectivity index (χ4v) is 2.11. The van der Waals surface area contributed by atoms with Crippen LogP contribution < -0.4 is 5.32 Å². The summed E-state index contributed by atoms with van der Waals surface area (Å²) in [6.45, 7) is 5.56. The van der Waals surface area contributed by atoms with Gasteiger partial charge in [0.1, 0.15) is 0 Å². The molecule has 5 heteroatoms. The van der Waals surface area contributed by atoms with Crippen LogP contribution >= 0.6 is 38.5 Å². The molecule has 0 saturated heterocycles. The zero-order chi connectivity index (χ0) is 13.9. The molecule has 1 aromatic rings. The normalized spacial score (nSPS) is 11.2. The maximum atomic E-state index is 12.0. The first kappa shape index (κ1) is 15.6. The Morgan fingerprint density at radius 2 is 1.94 bits per heavy atom. The van der Waals surface area contributed by atoms with E-state index in [2.05, 4.69) is 43.8 Å². The summed E-state index contributed by atoms with van der Waals surface area (Å²) in [6.07, 6.45) is 0. The highest BCUT2D eigenvalue weighted by Gasteiger charge is 2.21. The molecular formula is C13H15BrINO2. The molecule has 0 radical (unpaired) electrons. The summed E-state index contributed by atoms with van der Waals surface area (Å²) in [4.78, 5) is 23.7. The van der Waals surface area contributed by atoms with Crippen molar-refractivity contribution in [3.63, 3.8) is 0 Å². The van der Waals surface area contributed by atoms with Crippen LogP contribution in [0.1, 0.15) is 31.1 Å². The lowest BCUT2D eigenvalue weighted by Crippen LogP contribution is -2.35. The Balaban J connectivity index is 2.72. The lowest BCUT2D eigenvalue weighted by Gasteiger charge is -2.16. The van der Waals surface area contributed by atoms with E-state index in [1.165, 1.54) is 0 Å². The molecule has 1 aromatic carbocycles. The van der Waals surface area contributed by atoms with Crippen molar-refractivity contribution in [2.24, 2.45) is 5.41 Å². The van der Waals surface area contributed by atoms with E-state index in [1.54, 1.807) is 6.07 Å². The third-order valence-corrected chi connectivity index (χ3v) is 3.78. The van der Waals surface area contributed by atoms with Crippen molar-refractivity contribution in [1.29, 1.82) is 0 Å². The molecule has 98 valence electrons. The summed E-state index contributed by atoms with van der Waals surface area (Å²) in [5.41, 5.74) is 0.110. The number of halogens is 2. The number of rotatable bonds is 3. The Labute approximate surface area is 129 Å². The van der Waals surface area contributed by atoms with Crippen LogP contribution in [-0.4, -0.2) is 18.2 Å². The lowest BCUT2D eigenvalue weighted by molar-refractivity contribution is -0.125. The molecule has 1 rings (SSSR count). The van der Waals surface area contributed by atoms with Gasteiger partial charge in [-0.2, -0.15) is 0 Å². The van der Waals surface area contributed by atoms with Crippen molar-refractivity contribution >= 4 is 50.2 Å². The number of hydrogen-bond acceptors (Lipinski definition) is 2. The molecule has 0 unspecified atom stereocenters. The molecule has 0 aromatic heterocycles. The second kappa shape index (κ2) is 6.14. The van der Waals surface area contributed by atoms with Gasteiger partial charge in [0, 0.05) is 13.5 Å². The van der Waals surface area contributed by atoms with Crippen molar-refractivity contribution in [3.05, 3.63) is 31.8 Å². The van der Waals surface area contributed by atoms with Crippen LogP contribution in [0.25, 0.3) is 0 Å². The van der Waals surface area contributed by atoms with E-state index in [-0.39, 0.29) is 18.2 Å². The maximum Gasteiger partial charge on any atom is 0.252 e. The average Bonchev–Trinajstić information content (AvgIpc) is 2.27. The second-order valence-electron chi connectivity index (χ2n) is 4.98. The highest BCUT2D eigenvalue weighted by atomic mass is 127. The topological polar surface area (TPSA) is 46.2 Å². The Morgan fingerprint density at radius 3 is 2.50 bits per heavy atom. The molecule has 0 atom stereocenters. The fraction of sp³-hybridized carbons (Fsp3) is 0.385. The van der Waals surface area contributed by atoms with Gasteiger partial charge < -0.3 is 5.32 Å². The molecule has 0 aliphatic carbocycles. The third-order valence-electron chi connectivity index (χ3n) is 2.42. The Morgan fingerprint density at radius 1 is 1.33 bits per heavy atom. The SMILES string of the molecule is CC(C)(C)C(=O)CNC(=O)c1cc(I)ccc1Br. The van der Waals surface area contributed by atoms with E-state index in [1.807, 2.05) is 32.9 Å². The van der Waals surface area contributed by atoms with Gasteiger partial charge in [-0.1, -0.05) is 20.8 Å². The predicted molar refractivity (Wildman–Crippen MR) is 83.7 cm³/mol. The third kappa shape index (κ3) is 4.35. The van der Waals surface area contributed by atoms with Crippen LogP contribution in [0.3, 0.4) is 0 Å². The van der Waals surface area contributed by atoms with E-state index < -0.39 is 5.41 Å². The highest BCUT2D eigenvalue weighted by molar-refractivity contribution is 14.1. The van der Waals surface area contributed by atoms with Crippen molar-refractivity contribution in [3.8, 4) is 0 Å². The molecule has 1 N–H and O–H groups in total. The van der Waals surface area contributed by atoms with Crippen LogP contribution in [0.5, 0.6) is 0 Å². The van der Waals surface area contributed by atoms with Gasteiger partial charge >= 0.3 is 0 Å². The standard InChI is InChI=1S/C13H15BrINO2/c1-13(2,3)11(17)7-16-12(18)9-6-8(15)4-5-10(9)14/h4-6H,7H2,1-3H3,(H,16,18). The monoisotopic (exact) mass is 423 g/mol. The largest absolute Gasteiger partial charge is 0.345 e. The van der Waals surface area contributed by atoms with Gasteiger partial charge in [0.15, 0.2) is 5.78 Å². The van der Waals surface area contributed by atoms with Gasteiger partial charge in [0.25, 0.3) is 5.91 Å². The van der Waals surface area contributed by atoms with Crippen LogP contribution in [0, 0.1) is 8.99 Å². The number of carbonyl (C=O) groups excluding carboxylic acids is 2. The molecule has 0 heterocycles. The van der Waals surface area contributed by atoms with Gasteiger partial charge in [0.2, 0.25) is 0 Å². The highest BCUT2D eigenvalue weighted by Crippen LogP contribution is 2.19. The van der Waals surface area contributed by atoms with E-state index in [0.29, 0.717) is 5.56 Å². The number of nitrogens with one attached hydrogen (secondary N) is 1. The van der Waals surface area contributed by atoms with E-state index in [4.69, 9.17) is 0 Å². The molecule has 0 fully saturated rings. The first-order chi connectivity index (χ1) is 8.21. The summed E-state index contributed by atoms with van der Waals surface area (Å²) in [7, 11) is 0. The van der Waals surface area contributed by atoms with Crippen molar-refractivity contribution in [2.75, 3.05) is 6.54 Å². The summed E-state index contributed by atoms with van der Waals surface area (Å²) in [5, 5.41) is 2.65. The van der Waals surface area contributed by atoms with E-state index in [9.17, 15) is 9.59 Å². The zero-order valence-corrected chi connectivity index (χ0v) is 14.3. The average molecular weight is 424 g/mol. The van der Waals surface area contributed by atoms with E-state index >= 15 is 0 Å². The molecular weight excluding hydrogens is 409 g/mol. The summed E-state index contributed by atoms with van der Waals surface area (Å²) < 4.78 is 1.70. The first-order valence-corrected chi connectivity index (χ1v) is 7.35. The molecule has 0 aliphatic rings. The zero-order valence-electron chi connectivity index (χ0n) is 10.5. The number of Topliss-reactive ketones (excluding diaryl/α,β-unsaturated/α-hetero) is 1. The smallest absolute Gasteiger partial charge is 0.252 e. The minimum absolute atomic E-state index is 0.0117. The number of carbonyl (C=O) groups is 2. The minimum atomic E-state index is -0.435. The number of amides is 1. The molecule has 0 saturated carbocycles. The van der Waals surface area contributed by atoms with Crippen molar-refractivity contribution in [2.45, 2.75) is 20.8 Å². The first-order valence-electron chi connectivity index (χ1n) is 5.48. The van der Waals surface area contributed by atoms with Crippen molar-refractivity contribution in [1.82, 2.24) is 5.32 Å². The van der Waals surface area contributed by atoms with Gasteiger partial charge in [-0.15, -0.1) is 0 Å². The molecule has 0 aliphatic heterocycles. The Bertz CT molecular complexity index is 480. The summed E-state index contributed by atoms with van der Waals surface area (Å²) in [6, 6.07) is 5.51. The number of hydrogen-bond donors (Lipinski definition) is 1.